The van der Waals surface area contributed by atoms with E-state index in [2.05, 4.69) is 28.2 Å². The molecule has 0 aliphatic rings. The normalized spacial score (nSPS) is 11.6. The molecule has 0 unspecified atom stereocenters. The van der Waals surface area contributed by atoms with Gasteiger partial charge in [-0.2, -0.15) is 0 Å². The third-order valence-electron chi connectivity index (χ3n) is 3.36. The van der Waals surface area contributed by atoms with Crippen LogP contribution in [0.2, 0.25) is 0 Å². The van der Waals surface area contributed by atoms with Gasteiger partial charge in [0, 0.05) is 10.2 Å². The molecule has 2 aromatic rings. The van der Waals surface area contributed by atoms with Crippen molar-refractivity contribution in [2.75, 3.05) is 5.32 Å². The highest BCUT2D eigenvalue weighted by molar-refractivity contribution is 9.10. The van der Waals surface area contributed by atoms with Crippen molar-refractivity contribution in [3.8, 4) is 0 Å². The summed E-state index contributed by atoms with van der Waals surface area (Å²) >= 11 is 3.30. The Morgan fingerprint density at radius 2 is 1.70 bits per heavy atom. The summed E-state index contributed by atoms with van der Waals surface area (Å²) in [6.07, 6.45) is 0.0621. The molecule has 0 bridgehead atoms. The number of carbonyl (C=O) groups is 2. The summed E-state index contributed by atoms with van der Waals surface area (Å²) in [5.41, 5.74) is 2.27. The minimum absolute atomic E-state index is 0.361. The van der Waals surface area contributed by atoms with E-state index >= 15 is 0 Å². The van der Waals surface area contributed by atoms with Crippen LogP contribution in [-0.4, -0.2) is 18.0 Å². The quantitative estimate of drug-likeness (QED) is 0.796. The largest absolute Gasteiger partial charge is 0.449 e. The summed E-state index contributed by atoms with van der Waals surface area (Å²) in [4.78, 5) is 24.1. The third kappa shape index (κ3) is 4.93. The average Bonchev–Trinajstić information content (AvgIpc) is 2.56. The zero-order valence-corrected chi connectivity index (χ0v) is 14.6. The molecule has 23 heavy (non-hydrogen) atoms. The Hall–Kier alpha value is -2.14. The summed E-state index contributed by atoms with van der Waals surface area (Å²) < 4.78 is 6.06. The number of esters is 1. The lowest BCUT2D eigenvalue weighted by atomic mass is 10.1. The molecule has 4 nitrogen and oxygen atoms in total. The first-order chi connectivity index (χ1) is 11.0. The van der Waals surface area contributed by atoms with E-state index in [9.17, 15) is 9.59 Å². The molecular formula is C18H18BrNO3. The van der Waals surface area contributed by atoms with Crippen LogP contribution in [0.1, 0.15) is 29.8 Å². The summed E-state index contributed by atoms with van der Waals surface area (Å²) in [5.74, 6) is -0.888. The Bertz CT molecular complexity index is 680. The lowest BCUT2D eigenvalue weighted by Gasteiger charge is -2.14. The molecule has 0 aromatic heterocycles. The highest BCUT2D eigenvalue weighted by Gasteiger charge is 2.19. The van der Waals surface area contributed by atoms with Gasteiger partial charge in [0.1, 0.15) is 0 Å². The highest BCUT2D eigenvalue weighted by Crippen LogP contribution is 2.13. The first-order valence-corrected chi connectivity index (χ1v) is 8.15. The standard InChI is InChI=1S/C18H18BrNO3/c1-3-13-4-10-16(11-5-13)20-17(21)12(2)23-18(22)14-6-8-15(19)9-7-14/h4-12H,3H2,1-2H3,(H,20,21)/t12-/m1/s1. The minimum atomic E-state index is -0.878. The van der Waals surface area contributed by atoms with Crippen molar-refractivity contribution in [3.63, 3.8) is 0 Å². The number of anilines is 1. The Morgan fingerprint density at radius 1 is 1.09 bits per heavy atom. The fraction of sp³-hybridized carbons (Fsp3) is 0.222. The number of carbonyl (C=O) groups excluding carboxylic acids is 2. The number of amides is 1. The molecule has 2 rings (SSSR count). The van der Waals surface area contributed by atoms with E-state index in [0.29, 0.717) is 11.3 Å². The molecule has 120 valence electrons. The molecule has 0 fully saturated rings. The van der Waals surface area contributed by atoms with Gasteiger partial charge < -0.3 is 10.1 Å². The molecule has 5 heteroatoms. The fourth-order valence-corrected chi connectivity index (χ4v) is 2.20. The minimum Gasteiger partial charge on any atom is -0.449 e. The molecule has 0 heterocycles. The Balaban J connectivity index is 1.93. The number of aryl methyl sites for hydroxylation is 1. The van der Waals surface area contributed by atoms with Gasteiger partial charge in [-0.05, 0) is 55.3 Å². The molecular weight excluding hydrogens is 358 g/mol. The van der Waals surface area contributed by atoms with Crippen molar-refractivity contribution in [3.05, 3.63) is 64.1 Å². The summed E-state index contributed by atoms with van der Waals surface area (Å²) in [6.45, 7) is 3.61. The van der Waals surface area contributed by atoms with E-state index in [-0.39, 0.29) is 5.91 Å². The van der Waals surface area contributed by atoms with Crippen molar-refractivity contribution >= 4 is 33.5 Å². The van der Waals surface area contributed by atoms with Gasteiger partial charge in [0.15, 0.2) is 6.10 Å². The number of hydrogen-bond donors (Lipinski definition) is 1. The van der Waals surface area contributed by atoms with Gasteiger partial charge in [-0.15, -0.1) is 0 Å². The van der Waals surface area contributed by atoms with E-state index in [0.717, 1.165) is 10.9 Å². The van der Waals surface area contributed by atoms with Gasteiger partial charge in [-0.25, -0.2) is 4.79 Å². The number of nitrogens with one attached hydrogen (secondary N) is 1. The second-order valence-electron chi connectivity index (χ2n) is 5.09. The molecule has 1 atom stereocenters. The lowest BCUT2D eigenvalue weighted by molar-refractivity contribution is -0.123. The van der Waals surface area contributed by atoms with Crippen LogP contribution in [0.25, 0.3) is 0 Å². The second kappa shape index (κ2) is 7.92. The van der Waals surface area contributed by atoms with Gasteiger partial charge in [-0.3, -0.25) is 4.79 Å². The maximum atomic E-state index is 12.1. The van der Waals surface area contributed by atoms with Crippen molar-refractivity contribution in [1.82, 2.24) is 0 Å². The number of ether oxygens (including phenoxy) is 1. The van der Waals surface area contributed by atoms with Crippen LogP contribution in [0.3, 0.4) is 0 Å². The van der Waals surface area contributed by atoms with Gasteiger partial charge in [-0.1, -0.05) is 35.0 Å². The van der Waals surface area contributed by atoms with Gasteiger partial charge in [0.2, 0.25) is 0 Å². The predicted molar refractivity (Wildman–Crippen MR) is 93.5 cm³/mol. The number of benzene rings is 2. The average molecular weight is 376 g/mol. The van der Waals surface area contributed by atoms with Crippen LogP contribution in [0, 0.1) is 0 Å². The van der Waals surface area contributed by atoms with Crippen molar-refractivity contribution in [2.45, 2.75) is 26.4 Å². The molecule has 0 radical (unpaired) electrons. The van der Waals surface area contributed by atoms with E-state index < -0.39 is 12.1 Å². The maximum Gasteiger partial charge on any atom is 0.338 e. The molecule has 1 N–H and O–H groups in total. The third-order valence-corrected chi connectivity index (χ3v) is 3.89. The zero-order valence-electron chi connectivity index (χ0n) is 13.0. The molecule has 0 aliphatic carbocycles. The zero-order chi connectivity index (χ0) is 16.8. The highest BCUT2D eigenvalue weighted by atomic mass is 79.9. The summed E-state index contributed by atoms with van der Waals surface area (Å²) in [5, 5.41) is 2.74. The summed E-state index contributed by atoms with van der Waals surface area (Å²) in [6, 6.07) is 14.3. The molecule has 0 spiro atoms. The molecule has 2 aromatic carbocycles. The lowest BCUT2D eigenvalue weighted by Crippen LogP contribution is -2.30. The Morgan fingerprint density at radius 3 is 2.26 bits per heavy atom. The monoisotopic (exact) mass is 375 g/mol. The maximum absolute atomic E-state index is 12.1. The van der Waals surface area contributed by atoms with E-state index in [1.807, 2.05) is 24.3 Å². The predicted octanol–water partition coefficient (Wildman–Crippen LogP) is 4.20. The van der Waals surface area contributed by atoms with Crippen molar-refractivity contribution < 1.29 is 14.3 Å². The van der Waals surface area contributed by atoms with Crippen LogP contribution >= 0.6 is 15.9 Å². The fourth-order valence-electron chi connectivity index (χ4n) is 1.94. The number of rotatable bonds is 5. The van der Waals surface area contributed by atoms with Crippen LogP contribution in [0.4, 0.5) is 5.69 Å². The van der Waals surface area contributed by atoms with Crippen LogP contribution < -0.4 is 5.32 Å². The number of hydrogen-bond acceptors (Lipinski definition) is 3. The number of halogens is 1. The van der Waals surface area contributed by atoms with Gasteiger partial charge in [0.05, 0.1) is 5.56 Å². The van der Waals surface area contributed by atoms with Gasteiger partial charge in [0.25, 0.3) is 5.91 Å². The molecule has 0 aliphatic heterocycles. The SMILES string of the molecule is CCc1ccc(NC(=O)[C@@H](C)OC(=O)c2ccc(Br)cc2)cc1. The van der Waals surface area contributed by atoms with Gasteiger partial charge >= 0.3 is 5.97 Å². The van der Waals surface area contributed by atoms with Crippen LogP contribution in [0.5, 0.6) is 0 Å². The van der Waals surface area contributed by atoms with Crippen LogP contribution in [0.15, 0.2) is 53.0 Å². The van der Waals surface area contributed by atoms with Crippen LogP contribution in [-0.2, 0) is 16.0 Å². The van der Waals surface area contributed by atoms with E-state index in [1.54, 1.807) is 31.2 Å². The first kappa shape index (κ1) is 17.2. The van der Waals surface area contributed by atoms with Crippen molar-refractivity contribution in [2.24, 2.45) is 0 Å². The van der Waals surface area contributed by atoms with E-state index in [1.165, 1.54) is 5.56 Å². The van der Waals surface area contributed by atoms with E-state index in [4.69, 9.17) is 4.74 Å². The topological polar surface area (TPSA) is 55.4 Å². The Kier molecular flexibility index (Phi) is 5.93. The smallest absolute Gasteiger partial charge is 0.338 e. The Labute approximate surface area is 144 Å². The first-order valence-electron chi connectivity index (χ1n) is 7.36. The molecule has 0 saturated carbocycles. The van der Waals surface area contributed by atoms with Crippen molar-refractivity contribution in [1.29, 1.82) is 0 Å². The second-order valence-corrected chi connectivity index (χ2v) is 6.01. The molecule has 0 saturated heterocycles. The summed E-state index contributed by atoms with van der Waals surface area (Å²) in [7, 11) is 0. The molecule has 1 amide bonds.